The Kier molecular flexibility index (Phi) is 3.61. The number of aromatic carboxylic acids is 1. The first-order valence-corrected chi connectivity index (χ1v) is 6.11. The van der Waals surface area contributed by atoms with E-state index in [1.54, 1.807) is 0 Å². The van der Waals surface area contributed by atoms with Crippen molar-refractivity contribution < 1.29 is 19.4 Å². The summed E-state index contributed by atoms with van der Waals surface area (Å²) in [5.41, 5.74) is 2.61. The smallest absolute Gasteiger partial charge is 0.399 e. The lowest BCUT2D eigenvalue weighted by atomic mass is 10.1. The lowest BCUT2D eigenvalue weighted by molar-refractivity contribution is -0.611. The van der Waals surface area contributed by atoms with E-state index >= 15 is 0 Å². The molecule has 20 heavy (non-hydrogen) atoms. The molecule has 104 valence electrons. The number of aromatic nitrogens is 1. The number of aryl methyl sites for hydroxylation is 3. The summed E-state index contributed by atoms with van der Waals surface area (Å²) >= 11 is 0. The van der Waals surface area contributed by atoms with Crippen LogP contribution in [0.5, 0.6) is 11.6 Å². The number of carboxylic acids is 1. The van der Waals surface area contributed by atoms with Gasteiger partial charge in [-0.25, -0.2) is 4.79 Å². The molecule has 0 radical (unpaired) electrons. The molecular formula is C15H15NO4. The maximum Gasteiger partial charge on any atom is 0.399 e. The number of ether oxygens (including phenoxy) is 1. The van der Waals surface area contributed by atoms with Crippen LogP contribution in [0, 0.1) is 26.0 Å². The van der Waals surface area contributed by atoms with Crippen molar-refractivity contribution in [2.45, 2.75) is 20.8 Å². The second kappa shape index (κ2) is 5.21. The molecular weight excluding hydrogens is 258 g/mol. The van der Waals surface area contributed by atoms with Crippen LogP contribution in [0.15, 0.2) is 30.5 Å². The number of hydrogen-bond donors (Lipinski definition) is 1. The van der Waals surface area contributed by atoms with Crippen LogP contribution in [0.1, 0.15) is 27.0 Å². The maximum absolute atomic E-state index is 11.8. The largest absolute Gasteiger partial charge is 0.616 e. The molecule has 0 spiro atoms. The Morgan fingerprint density at radius 1 is 1.25 bits per heavy atom. The van der Waals surface area contributed by atoms with Gasteiger partial charge < -0.3 is 15.1 Å². The Labute approximate surface area is 116 Å². The highest BCUT2D eigenvalue weighted by molar-refractivity contribution is 5.89. The van der Waals surface area contributed by atoms with E-state index in [4.69, 9.17) is 9.84 Å². The summed E-state index contributed by atoms with van der Waals surface area (Å²) in [6, 6.07) is 6.55. The van der Waals surface area contributed by atoms with Gasteiger partial charge in [0.2, 0.25) is 0 Å². The average Bonchev–Trinajstić information content (AvgIpc) is 2.34. The first-order chi connectivity index (χ1) is 9.40. The third-order valence-electron chi connectivity index (χ3n) is 2.95. The number of rotatable bonds is 3. The number of benzene rings is 1. The number of pyridine rings is 1. The lowest BCUT2D eigenvalue weighted by Gasteiger charge is -2.13. The number of carbonyl (C=O) groups is 1. The summed E-state index contributed by atoms with van der Waals surface area (Å²) in [5, 5.41) is 20.9. The van der Waals surface area contributed by atoms with Gasteiger partial charge in [0.15, 0.2) is 11.8 Å². The van der Waals surface area contributed by atoms with Crippen LogP contribution >= 0.6 is 0 Å². The number of carboxylic acid groups (broad SMARTS) is 1. The van der Waals surface area contributed by atoms with E-state index in [0.29, 0.717) is 10.5 Å². The first kappa shape index (κ1) is 13.9. The predicted molar refractivity (Wildman–Crippen MR) is 73.1 cm³/mol. The fourth-order valence-corrected chi connectivity index (χ4v) is 2.16. The highest BCUT2D eigenvalue weighted by atomic mass is 16.6. The summed E-state index contributed by atoms with van der Waals surface area (Å²) in [7, 11) is 0. The minimum atomic E-state index is -1.20. The molecule has 0 fully saturated rings. The van der Waals surface area contributed by atoms with Crippen LogP contribution in [0.3, 0.4) is 0 Å². The van der Waals surface area contributed by atoms with Crippen LogP contribution < -0.4 is 9.47 Å². The van der Waals surface area contributed by atoms with E-state index in [9.17, 15) is 10.0 Å². The summed E-state index contributed by atoms with van der Waals surface area (Å²) in [5.74, 6) is -0.920. The van der Waals surface area contributed by atoms with Crippen molar-refractivity contribution in [2.24, 2.45) is 0 Å². The Bertz CT molecular complexity index is 657. The molecule has 1 aromatic carbocycles. The molecule has 0 saturated heterocycles. The van der Waals surface area contributed by atoms with Gasteiger partial charge in [-0.1, -0.05) is 17.7 Å². The van der Waals surface area contributed by atoms with Crippen molar-refractivity contribution in [3.63, 3.8) is 0 Å². The molecule has 0 atom stereocenters. The molecule has 0 saturated carbocycles. The van der Waals surface area contributed by atoms with Crippen molar-refractivity contribution >= 4 is 5.97 Å². The van der Waals surface area contributed by atoms with Gasteiger partial charge in [0.1, 0.15) is 5.75 Å². The minimum absolute atomic E-state index is 0.165. The molecule has 0 bridgehead atoms. The first-order valence-electron chi connectivity index (χ1n) is 6.11. The molecule has 1 N–H and O–H groups in total. The molecule has 5 heteroatoms. The van der Waals surface area contributed by atoms with E-state index < -0.39 is 5.97 Å². The van der Waals surface area contributed by atoms with Crippen molar-refractivity contribution in [2.75, 3.05) is 0 Å². The van der Waals surface area contributed by atoms with Gasteiger partial charge in [-0.05, 0) is 38.0 Å². The monoisotopic (exact) mass is 273 g/mol. The summed E-state index contributed by atoms with van der Waals surface area (Å²) in [4.78, 5) is 11.2. The van der Waals surface area contributed by atoms with Gasteiger partial charge in [0, 0.05) is 6.07 Å². The second-order valence-corrected chi connectivity index (χ2v) is 4.69. The fourth-order valence-electron chi connectivity index (χ4n) is 2.16. The lowest BCUT2D eigenvalue weighted by Crippen LogP contribution is -2.29. The third kappa shape index (κ3) is 2.56. The van der Waals surface area contributed by atoms with E-state index in [-0.39, 0.29) is 11.4 Å². The number of nitrogens with zero attached hydrogens (tertiary/aromatic N) is 1. The topological polar surface area (TPSA) is 73.5 Å². The van der Waals surface area contributed by atoms with Crippen molar-refractivity contribution in [1.82, 2.24) is 0 Å². The van der Waals surface area contributed by atoms with Crippen LogP contribution in [-0.2, 0) is 0 Å². The molecule has 1 heterocycles. The van der Waals surface area contributed by atoms with E-state index in [0.717, 1.165) is 16.7 Å². The van der Waals surface area contributed by atoms with Crippen LogP contribution in [0.4, 0.5) is 0 Å². The van der Waals surface area contributed by atoms with Gasteiger partial charge in [0.25, 0.3) is 0 Å². The Morgan fingerprint density at radius 2 is 1.85 bits per heavy atom. The van der Waals surface area contributed by atoms with E-state index in [2.05, 4.69) is 0 Å². The second-order valence-electron chi connectivity index (χ2n) is 4.69. The molecule has 5 nitrogen and oxygen atoms in total. The number of hydrogen-bond acceptors (Lipinski definition) is 3. The minimum Gasteiger partial charge on any atom is -0.616 e. The SMILES string of the molecule is Cc1cc(C)c(Oc2c(C(=O)O)ccc[n+]2[O-])c(C)c1. The van der Waals surface area contributed by atoms with Gasteiger partial charge >= 0.3 is 11.8 Å². The average molecular weight is 273 g/mol. The maximum atomic E-state index is 11.8. The summed E-state index contributed by atoms with van der Waals surface area (Å²) in [6.07, 6.45) is 1.21. The Balaban J connectivity index is 2.53. The highest BCUT2D eigenvalue weighted by Crippen LogP contribution is 2.29. The Morgan fingerprint density at radius 3 is 2.40 bits per heavy atom. The van der Waals surface area contributed by atoms with Gasteiger partial charge in [0.05, 0.1) is 0 Å². The summed E-state index contributed by atoms with van der Waals surface area (Å²) in [6.45, 7) is 5.67. The van der Waals surface area contributed by atoms with Gasteiger partial charge in [-0.2, -0.15) is 0 Å². The standard InChI is InChI=1S/C15H15NO4/c1-9-7-10(2)13(11(3)8-9)20-14-12(15(17)18)5-4-6-16(14)19/h4-8H,1-3H3,(H,17,18). The molecule has 2 rings (SSSR count). The normalized spacial score (nSPS) is 10.3. The summed E-state index contributed by atoms with van der Waals surface area (Å²) < 4.78 is 6.01. The van der Waals surface area contributed by atoms with Crippen LogP contribution in [0.25, 0.3) is 0 Å². The van der Waals surface area contributed by atoms with Crippen LogP contribution in [-0.4, -0.2) is 11.1 Å². The molecule has 2 aromatic rings. The van der Waals surface area contributed by atoms with Gasteiger partial charge in [-0.15, -0.1) is 4.73 Å². The molecule has 1 aromatic heterocycles. The van der Waals surface area contributed by atoms with Gasteiger partial charge in [-0.3, -0.25) is 0 Å². The molecule has 0 aliphatic heterocycles. The molecule has 0 aliphatic carbocycles. The zero-order chi connectivity index (χ0) is 14.9. The Hall–Kier alpha value is -2.56. The van der Waals surface area contributed by atoms with E-state index in [1.165, 1.54) is 18.3 Å². The van der Waals surface area contributed by atoms with Crippen molar-refractivity contribution in [3.8, 4) is 11.6 Å². The molecule has 0 amide bonds. The third-order valence-corrected chi connectivity index (χ3v) is 2.95. The van der Waals surface area contributed by atoms with Crippen molar-refractivity contribution in [3.05, 3.63) is 57.9 Å². The van der Waals surface area contributed by atoms with E-state index in [1.807, 2.05) is 32.9 Å². The van der Waals surface area contributed by atoms with Crippen molar-refractivity contribution in [1.29, 1.82) is 0 Å². The van der Waals surface area contributed by atoms with Crippen LogP contribution in [0.2, 0.25) is 0 Å². The highest BCUT2D eigenvalue weighted by Gasteiger charge is 2.22. The zero-order valence-corrected chi connectivity index (χ0v) is 11.5. The molecule has 0 aliphatic rings. The predicted octanol–water partition coefficient (Wildman–Crippen LogP) is 2.74. The molecule has 0 unspecified atom stereocenters. The fraction of sp³-hybridized carbons (Fsp3) is 0.200. The zero-order valence-electron chi connectivity index (χ0n) is 11.5. The quantitative estimate of drug-likeness (QED) is 0.689.